The van der Waals surface area contributed by atoms with Crippen molar-refractivity contribution in [2.75, 3.05) is 5.75 Å². The Hall–Kier alpha value is -3.66. The molecule has 0 saturated carbocycles. The van der Waals surface area contributed by atoms with Crippen LogP contribution in [0.25, 0.3) is 16.6 Å². The summed E-state index contributed by atoms with van der Waals surface area (Å²) >= 11 is 1.15. The van der Waals surface area contributed by atoms with Crippen LogP contribution in [-0.2, 0) is 16.0 Å². The van der Waals surface area contributed by atoms with Gasteiger partial charge >= 0.3 is 5.97 Å². The fourth-order valence-corrected chi connectivity index (χ4v) is 4.15. The van der Waals surface area contributed by atoms with Crippen molar-refractivity contribution in [3.63, 3.8) is 0 Å². The van der Waals surface area contributed by atoms with Gasteiger partial charge in [-0.1, -0.05) is 42.1 Å². The number of aromatic amines is 1. The predicted molar refractivity (Wildman–Crippen MR) is 121 cm³/mol. The maximum atomic E-state index is 12.5. The zero-order valence-corrected chi connectivity index (χ0v) is 18.4. The molecule has 0 aliphatic carbocycles. The third kappa shape index (κ3) is 4.65. The van der Waals surface area contributed by atoms with E-state index in [0.717, 1.165) is 45.0 Å². The summed E-state index contributed by atoms with van der Waals surface area (Å²) in [5.41, 5.74) is 4.66. The highest BCUT2D eigenvalue weighted by molar-refractivity contribution is 7.99. The molecule has 1 atom stereocenters. The maximum Gasteiger partial charge on any atom is 0.326 e. The van der Waals surface area contributed by atoms with Gasteiger partial charge in [-0.3, -0.25) is 4.79 Å². The van der Waals surface area contributed by atoms with Gasteiger partial charge in [0, 0.05) is 23.5 Å². The van der Waals surface area contributed by atoms with Gasteiger partial charge < -0.3 is 15.4 Å². The number of benzene rings is 2. The number of para-hydroxylation sites is 1. The van der Waals surface area contributed by atoms with Crippen molar-refractivity contribution in [3.05, 3.63) is 65.4 Å². The normalized spacial score (nSPS) is 12.1. The molecular weight excluding hydrogens is 428 g/mol. The lowest BCUT2D eigenvalue weighted by Gasteiger charge is -2.14. The number of amides is 1. The summed E-state index contributed by atoms with van der Waals surface area (Å²) in [4.78, 5) is 27.4. The van der Waals surface area contributed by atoms with E-state index in [0.29, 0.717) is 5.16 Å². The van der Waals surface area contributed by atoms with Crippen molar-refractivity contribution in [2.24, 2.45) is 0 Å². The van der Waals surface area contributed by atoms with E-state index < -0.39 is 17.9 Å². The first-order chi connectivity index (χ1) is 15.4. The van der Waals surface area contributed by atoms with Gasteiger partial charge in [-0.05, 0) is 53.1 Å². The number of nitrogens with one attached hydrogen (secondary N) is 2. The number of thioether (sulfide) groups is 1. The van der Waals surface area contributed by atoms with Crippen molar-refractivity contribution in [2.45, 2.75) is 31.5 Å². The van der Waals surface area contributed by atoms with Crippen molar-refractivity contribution in [3.8, 4) is 5.69 Å². The quantitative estimate of drug-likeness (QED) is 0.352. The van der Waals surface area contributed by atoms with Crippen molar-refractivity contribution in [1.29, 1.82) is 0 Å². The van der Waals surface area contributed by atoms with Gasteiger partial charge in [-0.15, -0.1) is 5.10 Å². The molecule has 3 N–H and O–H groups in total. The summed E-state index contributed by atoms with van der Waals surface area (Å²) in [6, 6.07) is 12.6. The molecule has 4 aromatic rings. The Bertz CT molecular complexity index is 1280. The molecule has 0 unspecified atom stereocenters. The number of carboxylic acids is 1. The van der Waals surface area contributed by atoms with Crippen LogP contribution in [0.3, 0.4) is 0 Å². The number of aliphatic carboxylic acids is 1. The molecule has 0 spiro atoms. The van der Waals surface area contributed by atoms with Crippen LogP contribution >= 0.6 is 11.8 Å². The molecule has 0 aliphatic rings. The van der Waals surface area contributed by atoms with Crippen LogP contribution in [-0.4, -0.2) is 54.0 Å². The third-order valence-electron chi connectivity index (χ3n) is 5.10. The maximum absolute atomic E-state index is 12.5. The zero-order valence-electron chi connectivity index (χ0n) is 17.6. The topological polar surface area (TPSA) is 126 Å². The van der Waals surface area contributed by atoms with Crippen LogP contribution in [0.5, 0.6) is 0 Å². The van der Waals surface area contributed by atoms with E-state index in [2.05, 4.69) is 25.8 Å². The standard InChI is InChI=1S/C22H22N6O3S/c1-13-7-8-14(2)19(9-13)28-22(25-26-27-28)32-12-20(29)24-18(21(30)31)10-15-11-23-17-6-4-3-5-16(15)17/h3-9,11,18,23H,10,12H2,1-2H3,(H,24,29)(H,30,31)/t18-/m1/s1. The first-order valence-corrected chi connectivity index (χ1v) is 11.0. The molecule has 32 heavy (non-hydrogen) atoms. The van der Waals surface area contributed by atoms with Crippen LogP contribution in [0.2, 0.25) is 0 Å². The van der Waals surface area contributed by atoms with E-state index in [9.17, 15) is 14.7 Å². The van der Waals surface area contributed by atoms with E-state index in [1.165, 1.54) is 0 Å². The van der Waals surface area contributed by atoms with E-state index in [1.807, 2.05) is 56.3 Å². The summed E-state index contributed by atoms with van der Waals surface area (Å²) in [5, 5.41) is 25.4. The first-order valence-electron chi connectivity index (χ1n) is 9.98. The average molecular weight is 451 g/mol. The Kier molecular flexibility index (Phi) is 6.22. The van der Waals surface area contributed by atoms with Gasteiger partial charge in [0.2, 0.25) is 11.1 Å². The fraction of sp³-hybridized carbons (Fsp3) is 0.227. The number of rotatable bonds is 8. The van der Waals surface area contributed by atoms with E-state index >= 15 is 0 Å². The SMILES string of the molecule is Cc1ccc(C)c(-n2nnnc2SCC(=O)N[C@H](Cc2c[nH]c3ccccc23)C(=O)O)c1. The van der Waals surface area contributed by atoms with Crippen molar-refractivity contribution < 1.29 is 14.7 Å². The van der Waals surface area contributed by atoms with Gasteiger partial charge in [0.15, 0.2) is 0 Å². The summed E-state index contributed by atoms with van der Waals surface area (Å²) in [6.07, 6.45) is 1.95. The molecular formula is C22H22N6O3S. The number of hydrogen-bond acceptors (Lipinski definition) is 6. The number of aryl methyl sites for hydroxylation is 2. The predicted octanol–water partition coefficient (Wildman–Crippen LogP) is 2.66. The lowest BCUT2D eigenvalue weighted by molar-refractivity contribution is -0.141. The summed E-state index contributed by atoms with van der Waals surface area (Å²) in [6.45, 7) is 3.94. The van der Waals surface area contributed by atoms with Crippen LogP contribution in [0.4, 0.5) is 0 Å². The highest BCUT2D eigenvalue weighted by atomic mass is 32.2. The smallest absolute Gasteiger partial charge is 0.326 e. The Balaban J connectivity index is 1.42. The molecule has 2 aromatic carbocycles. The van der Waals surface area contributed by atoms with Crippen LogP contribution in [0.1, 0.15) is 16.7 Å². The number of H-pyrrole nitrogens is 1. The summed E-state index contributed by atoms with van der Waals surface area (Å²) in [7, 11) is 0. The molecule has 0 saturated heterocycles. The van der Waals surface area contributed by atoms with Gasteiger partial charge in [-0.2, -0.15) is 4.68 Å². The van der Waals surface area contributed by atoms with Crippen LogP contribution in [0, 0.1) is 13.8 Å². The second kappa shape index (κ2) is 9.23. The molecule has 4 rings (SSSR count). The molecule has 0 fully saturated rings. The summed E-state index contributed by atoms with van der Waals surface area (Å²) in [5.74, 6) is -1.50. The van der Waals surface area contributed by atoms with E-state index in [4.69, 9.17) is 0 Å². The second-order valence-electron chi connectivity index (χ2n) is 7.47. The molecule has 164 valence electrons. The van der Waals surface area contributed by atoms with Crippen LogP contribution in [0.15, 0.2) is 53.8 Å². The van der Waals surface area contributed by atoms with Gasteiger partial charge in [0.1, 0.15) is 6.04 Å². The number of carbonyl (C=O) groups excluding carboxylic acids is 1. The number of carboxylic acid groups (broad SMARTS) is 1. The van der Waals surface area contributed by atoms with Gasteiger partial charge in [0.25, 0.3) is 0 Å². The fourth-order valence-electron chi connectivity index (χ4n) is 3.45. The summed E-state index contributed by atoms with van der Waals surface area (Å²) < 4.78 is 1.58. The van der Waals surface area contributed by atoms with Crippen LogP contribution < -0.4 is 5.32 Å². The number of tetrazole rings is 1. The highest BCUT2D eigenvalue weighted by Gasteiger charge is 2.22. The minimum atomic E-state index is -1.09. The van der Waals surface area contributed by atoms with Crippen molar-refractivity contribution in [1.82, 2.24) is 30.5 Å². The lowest BCUT2D eigenvalue weighted by Crippen LogP contribution is -2.43. The Morgan fingerprint density at radius 1 is 1.22 bits per heavy atom. The molecule has 10 heteroatoms. The number of hydrogen-bond donors (Lipinski definition) is 3. The second-order valence-corrected chi connectivity index (χ2v) is 8.42. The molecule has 2 aromatic heterocycles. The Labute approximate surface area is 188 Å². The molecule has 0 bridgehead atoms. The minimum Gasteiger partial charge on any atom is -0.480 e. The van der Waals surface area contributed by atoms with Crippen molar-refractivity contribution >= 4 is 34.5 Å². The number of aromatic nitrogens is 5. The van der Waals surface area contributed by atoms with E-state index in [-0.39, 0.29) is 12.2 Å². The number of nitrogens with zero attached hydrogens (tertiary/aromatic N) is 4. The molecule has 9 nitrogen and oxygen atoms in total. The largest absolute Gasteiger partial charge is 0.480 e. The Morgan fingerprint density at radius 2 is 2.03 bits per heavy atom. The van der Waals surface area contributed by atoms with E-state index in [1.54, 1.807) is 10.9 Å². The zero-order chi connectivity index (χ0) is 22.7. The Morgan fingerprint density at radius 3 is 2.84 bits per heavy atom. The van der Waals surface area contributed by atoms with Gasteiger partial charge in [0.05, 0.1) is 11.4 Å². The number of carbonyl (C=O) groups is 2. The third-order valence-corrected chi connectivity index (χ3v) is 6.02. The first kappa shape index (κ1) is 21.6. The molecule has 1 amide bonds. The molecule has 2 heterocycles. The van der Waals surface area contributed by atoms with Gasteiger partial charge in [-0.25, -0.2) is 4.79 Å². The number of fused-ring (bicyclic) bond motifs is 1. The lowest BCUT2D eigenvalue weighted by atomic mass is 10.1. The monoisotopic (exact) mass is 450 g/mol. The average Bonchev–Trinajstić information content (AvgIpc) is 3.40. The minimum absolute atomic E-state index is 0.0110. The molecule has 0 aliphatic heterocycles. The highest BCUT2D eigenvalue weighted by Crippen LogP contribution is 2.22. The molecule has 0 radical (unpaired) electrons.